The Bertz CT molecular complexity index is 1450. The number of pyridine rings is 2. The summed E-state index contributed by atoms with van der Waals surface area (Å²) in [5, 5.41) is 27.6. The van der Waals surface area contributed by atoms with E-state index in [1.54, 1.807) is 42.3 Å². The quantitative estimate of drug-likeness (QED) is 0.279. The van der Waals surface area contributed by atoms with Crippen molar-refractivity contribution in [3.05, 3.63) is 53.8 Å². The second-order valence-electron chi connectivity index (χ2n) is 8.66. The van der Waals surface area contributed by atoms with Crippen molar-refractivity contribution < 1.29 is 19.7 Å². The molecule has 37 heavy (non-hydrogen) atoms. The Hall–Kier alpha value is -3.87. The predicted octanol–water partition coefficient (Wildman–Crippen LogP) is 1.59. The number of rotatable bonds is 7. The lowest BCUT2D eigenvalue weighted by molar-refractivity contribution is -0.128. The number of nitrogens with one attached hydrogen (secondary N) is 2. The molecule has 0 bridgehead atoms. The highest BCUT2D eigenvalue weighted by Gasteiger charge is 2.46. The summed E-state index contributed by atoms with van der Waals surface area (Å²) in [4.78, 5) is 34.6. The fourth-order valence-electron chi connectivity index (χ4n) is 4.53. The van der Waals surface area contributed by atoms with Gasteiger partial charge < -0.3 is 30.2 Å². The smallest absolute Gasteiger partial charge is 0.225 e. The van der Waals surface area contributed by atoms with Gasteiger partial charge in [0.25, 0.3) is 0 Å². The summed E-state index contributed by atoms with van der Waals surface area (Å²) in [5.74, 6) is 0.332. The van der Waals surface area contributed by atoms with Crippen LogP contribution >= 0.6 is 11.6 Å². The third kappa shape index (κ3) is 4.78. The van der Waals surface area contributed by atoms with Crippen molar-refractivity contribution in [1.82, 2.24) is 34.8 Å². The predicted molar refractivity (Wildman–Crippen MR) is 135 cm³/mol. The Labute approximate surface area is 216 Å². The number of aliphatic hydroxyl groups excluding tert-OH is 2. The maximum Gasteiger partial charge on any atom is 0.225 e. The van der Waals surface area contributed by atoms with E-state index in [0.717, 1.165) is 5.69 Å². The zero-order valence-corrected chi connectivity index (χ0v) is 20.8. The van der Waals surface area contributed by atoms with Crippen molar-refractivity contribution in [2.45, 2.75) is 31.2 Å². The summed E-state index contributed by atoms with van der Waals surface area (Å²) in [6.07, 6.45) is 4.08. The number of carbonyl (C=O) groups excluding carboxylic acids is 1. The number of aromatic nitrogens is 6. The van der Waals surface area contributed by atoms with E-state index >= 15 is 0 Å². The first-order valence-corrected chi connectivity index (χ1v) is 11.9. The molecule has 13 heteroatoms. The molecule has 1 aliphatic rings. The summed E-state index contributed by atoms with van der Waals surface area (Å²) >= 11 is 6.16. The van der Waals surface area contributed by atoms with Gasteiger partial charge in [0.2, 0.25) is 5.91 Å². The first-order chi connectivity index (χ1) is 17.9. The van der Waals surface area contributed by atoms with Crippen molar-refractivity contribution >= 4 is 34.5 Å². The summed E-state index contributed by atoms with van der Waals surface area (Å²) < 4.78 is 6.95. The minimum Gasteiger partial charge on any atom is -0.497 e. The summed E-state index contributed by atoms with van der Waals surface area (Å²) in [5.41, 5.74) is 2.17. The molecule has 0 saturated heterocycles. The van der Waals surface area contributed by atoms with Crippen molar-refractivity contribution in [2.75, 3.05) is 19.5 Å². The van der Waals surface area contributed by atoms with E-state index in [1.165, 1.54) is 19.6 Å². The number of amides is 1. The molecule has 5 rings (SSSR count). The fourth-order valence-corrected chi connectivity index (χ4v) is 4.70. The molecule has 1 saturated carbocycles. The molecular formula is C24H25ClN8O4. The lowest BCUT2D eigenvalue weighted by Crippen LogP contribution is -2.36. The molecule has 4 heterocycles. The third-order valence-corrected chi connectivity index (χ3v) is 6.64. The lowest BCUT2D eigenvalue weighted by atomic mass is 10.1. The van der Waals surface area contributed by atoms with Crippen LogP contribution in [0.3, 0.4) is 0 Å². The zero-order valence-electron chi connectivity index (χ0n) is 20.0. The number of anilines is 1. The molecule has 0 spiro atoms. The van der Waals surface area contributed by atoms with Crippen LogP contribution in [0.15, 0.2) is 43.1 Å². The van der Waals surface area contributed by atoms with Gasteiger partial charge in [-0.1, -0.05) is 11.6 Å². The number of carbonyl (C=O) groups is 1. The second-order valence-corrected chi connectivity index (χ2v) is 9.09. The van der Waals surface area contributed by atoms with Crippen molar-refractivity contribution in [3.8, 4) is 17.1 Å². The largest absolute Gasteiger partial charge is 0.497 e. The van der Waals surface area contributed by atoms with Gasteiger partial charge in [-0.15, -0.1) is 0 Å². The number of nitrogens with zero attached hydrogens (tertiary/aromatic N) is 6. The molecule has 12 nitrogen and oxygen atoms in total. The molecule has 0 aliphatic heterocycles. The third-order valence-electron chi connectivity index (χ3n) is 6.44. The van der Waals surface area contributed by atoms with Crippen LogP contribution in [0, 0.1) is 5.92 Å². The molecule has 4 aromatic heterocycles. The van der Waals surface area contributed by atoms with Gasteiger partial charge in [-0.05, 0) is 18.6 Å². The number of methoxy groups -OCH3 is 1. The van der Waals surface area contributed by atoms with Crippen LogP contribution in [0.1, 0.15) is 18.2 Å². The topological polar surface area (TPSA) is 160 Å². The molecule has 4 N–H and O–H groups in total. The van der Waals surface area contributed by atoms with Gasteiger partial charge in [0.15, 0.2) is 17.3 Å². The molecule has 192 valence electrons. The monoisotopic (exact) mass is 524 g/mol. The first-order valence-electron chi connectivity index (χ1n) is 11.6. The molecule has 1 aliphatic carbocycles. The van der Waals surface area contributed by atoms with Crippen LogP contribution in [-0.2, 0) is 11.3 Å². The van der Waals surface area contributed by atoms with Gasteiger partial charge in [-0.3, -0.25) is 14.8 Å². The van der Waals surface area contributed by atoms with E-state index in [-0.39, 0.29) is 12.3 Å². The van der Waals surface area contributed by atoms with Gasteiger partial charge in [-0.2, -0.15) is 0 Å². The number of imidazole rings is 1. The molecule has 0 radical (unpaired) electrons. The van der Waals surface area contributed by atoms with E-state index in [1.807, 2.05) is 0 Å². The molecule has 4 atom stereocenters. The van der Waals surface area contributed by atoms with Crippen molar-refractivity contribution in [3.63, 3.8) is 0 Å². The van der Waals surface area contributed by atoms with Crippen molar-refractivity contribution in [1.29, 1.82) is 0 Å². The number of ether oxygens (including phenoxy) is 1. The molecule has 1 amide bonds. The number of aliphatic hydroxyl groups is 2. The van der Waals surface area contributed by atoms with Crippen LogP contribution in [0.2, 0.25) is 5.02 Å². The average Bonchev–Trinajstić information content (AvgIpc) is 3.47. The van der Waals surface area contributed by atoms with Crippen LogP contribution in [0.4, 0.5) is 5.82 Å². The first kappa shape index (κ1) is 24.8. The minimum absolute atomic E-state index is 0.210. The molecule has 4 aromatic rings. The summed E-state index contributed by atoms with van der Waals surface area (Å²) in [6, 6.07) is 4.63. The normalized spacial score (nSPS) is 21.2. The van der Waals surface area contributed by atoms with Gasteiger partial charge in [0.1, 0.15) is 17.4 Å². The van der Waals surface area contributed by atoms with E-state index in [0.29, 0.717) is 45.7 Å². The van der Waals surface area contributed by atoms with Gasteiger partial charge in [0.05, 0.1) is 48.8 Å². The van der Waals surface area contributed by atoms with Crippen LogP contribution in [0.5, 0.6) is 5.75 Å². The van der Waals surface area contributed by atoms with E-state index < -0.39 is 24.2 Å². The van der Waals surface area contributed by atoms with Crippen molar-refractivity contribution in [2.24, 2.45) is 5.92 Å². The molecule has 1 fully saturated rings. The van der Waals surface area contributed by atoms with E-state index in [2.05, 4.69) is 30.6 Å². The van der Waals surface area contributed by atoms with E-state index in [4.69, 9.17) is 21.3 Å². The van der Waals surface area contributed by atoms with Crippen LogP contribution in [0.25, 0.3) is 22.6 Å². The second kappa shape index (κ2) is 10.2. The SMILES string of the molecule is CNC(=O)[C@H]1C[C@@H](n2cnc3c(NCc4cc(OC)ccn4)nc(-c4cncc(Cl)c4)nc32)[C@H](O)[C@@H]1O. The lowest BCUT2D eigenvalue weighted by Gasteiger charge is -2.18. The number of hydrogen-bond acceptors (Lipinski definition) is 10. The minimum atomic E-state index is -1.22. The van der Waals surface area contributed by atoms with Crippen LogP contribution < -0.4 is 15.4 Å². The summed E-state index contributed by atoms with van der Waals surface area (Å²) in [7, 11) is 3.08. The highest BCUT2D eigenvalue weighted by atomic mass is 35.5. The number of fused-ring (bicyclic) bond motifs is 1. The summed E-state index contributed by atoms with van der Waals surface area (Å²) in [6.45, 7) is 0.326. The van der Waals surface area contributed by atoms with Gasteiger partial charge in [0, 0.05) is 37.3 Å². The maximum absolute atomic E-state index is 12.3. The Morgan fingerprint density at radius 3 is 2.81 bits per heavy atom. The Kier molecular flexibility index (Phi) is 6.87. The average molecular weight is 525 g/mol. The number of halogens is 1. The molecule has 0 aromatic carbocycles. The highest BCUT2D eigenvalue weighted by Crippen LogP contribution is 2.38. The van der Waals surface area contributed by atoms with Gasteiger partial charge >= 0.3 is 0 Å². The highest BCUT2D eigenvalue weighted by molar-refractivity contribution is 6.30. The Morgan fingerprint density at radius 2 is 2.05 bits per heavy atom. The standard InChI is InChI=1S/C24H25ClN8O4/c1-26-24(36)16-7-17(20(35)19(16)34)33-11-30-18-22(29-10-14-6-15(37-2)3-4-28-14)31-21(32-23(18)33)12-5-13(25)9-27-8-12/h3-6,8-9,11,16-17,19-20,34-35H,7,10H2,1-2H3,(H,26,36)(H,29,31,32)/t16-,17+,19+,20-/m0/s1. The molecule has 0 unspecified atom stereocenters. The Balaban J connectivity index is 1.57. The molecular weight excluding hydrogens is 500 g/mol. The number of hydrogen-bond donors (Lipinski definition) is 4. The maximum atomic E-state index is 12.3. The van der Waals surface area contributed by atoms with E-state index in [9.17, 15) is 15.0 Å². The Morgan fingerprint density at radius 1 is 1.22 bits per heavy atom. The van der Waals surface area contributed by atoms with Gasteiger partial charge in [-0.25, -0.2) is 15.0 Å². The zero-order chi connectivity index (χ0) is 26.1. The fraction of sp³-hybridized carbons (Fsp3) is 0.333. The van der Waals surface area contributed by atoms with Crippen LogP contribution in [-0.4, -0.2) is 72.0 Å².